The van der Waals surface area contributed by atoms with Crippen molar-refractivity contribution in [3.8, 4) is 0 Å². The lowest BCUT2D eigenvalue weighted by Gasteiger charge is -2.31. The van der Waals surface area contributed by atoms with Crippen LogP contribution in [0.2, 0.25) is 0 Å². The summed E-state index contributed by atoms with van der Waals surface area (Å²) in [6, 6.07) is -0.626. The molecule has 0 spiro atoms. The van der Waals surface area contributed by atoms with E-state index in [1.54, 1.807) is 0 Å². The number of nitrogens with zero attached hydrogens (tertiary/aromatic N) is 1. The highest BCUT2D eigenvalue weighted by atomic mass is 16.6. The molecule has 8 nitrogen and oxygen atoms in total. The summed E-state index contributed by atoms with van der Waals surface area (Å²) >= 11 is 0. The molecule has 0 aliphatic rings. The maximum Gasteiger partial charge on any atom is 0.362 e. The number of carboxylic acids is 1. The van der Waals surface area contributed by atoms with E-state index in [1.165, 1.54) is 51.4 Å². The molecule has 56 heavy (non-hydrogen) atoms. The molecule has 0 radical (unpaired) electrons. The maximum absolute atomic E-state index is 12.7. The van der Waals surface area contributed by atoms with Crippen LogP contribution in [0.3, 0.4) is 0 Å². The van der Waals surface area contributed by atoms with Gasteiger partial charge in [-0.1, -0.05) is 132 Å². The van der Waals surface area contributed by atoms with Crippen molar-refractivity contribution in [2.45, 2.75) is 174 Å². The predicted octanol–water partition coefficient (Wildman–Crippen LogP) is 12.0. The second-order valence-electron chi connectivity index (χ2n) is 15.6. The van der Waals surface area contributed by atoms with Gasteiger partial charge in [0.2, 0.25) is 0 Å². The minimum atomic E-state index is -0.887. The van der Waals surface area contributed by atoms with Gasteiger partial charge in [-0.25, -0.2) is 4.79 Å². The Labute approximate surface area is 342 Å². The first kappa shape index (κ1) is 52.8. The van der Waals surface area contributed by atoms with Crippen LogP contribution in [0.5, 0.6) is 0 Å². The summed E-state index contributed by atoms with van der Waals surface area (Å²) in [5, 5.41) is 9.61. The second kappa shape index (κ2) is 38.6. The maximum atomic E-state index is 12.7. The molecule has 0 aromatic rings. The minimum Gasteiger partial charge on any atom is -0.477 e. The molecule has 2 atom stereocenters. The van der Waals surface area contributed by atoms with Crippen LogP contribution in [-0.4, -0.2) is 80.6 Å². The molecule has 0 saturated carbocycles. The van der Waals surface area contributed by atoms with Crippen molar-refractivity contribution >= 4 is 17.9 Å². The predicted molar refractivity (Wildman–Crippen MR) is 233 cm³/mol. The lowest BCUT2D eigenvalue weighted by Crippen LogP contribution is -2.50. The fourth-order valence-corrected chi connectivity index (χ4v) is 5.85. The van der Waals surface area contributed by atoms with Gasteiger partial charge in [-0.15, -0.1) is 0 Å². The van der Waals surface area contributed by atoms with Crippen LogP contribution in [0.1, 0.15) is 162 Å². The summed E-state index contributed by atoms with van der Waals surface area (Å²) in [4.78, 5) is 36.9. The summed E-state index contributed by atoms with van der Waals surface area (Å²) in [5.74, 6) is -1.55. The first-order valence-corrected chi connectivity index (χ1v) is 22.0. The van der Waals surface area contributed by atoms with Gasteiger partial charge in [0.15, 0.2) is 12.1 Å². The van der Waals surface area contributed by atoms with Crippen LogP contribution in [0.25, 0.3) is 0 Å². The minimum absolute atomic E-state index is 0.0373. The van der Waals surface area contributed by atoms with Crippen molar-refractivity contribution in [1.29, 1.82) is 0 Å². The number of carboxylic acid groups (broad SMARTS) is 1. The monoisotopic (exact) mass is 785 g/mol. The third kappa shape index (κ3) is 36.4. The number of ether oxygens (including phenoxy) is 3. The SMILES string of the molecule is CCCC/C=C/CCCCCCCC(=O)OCC(COCCC(C(=O)O)[N+](C)(C)C)OC(=O)CCCC/C=C/C/C=C/C/C=C/C/C=C/C/C=C/CCCCC. The number of hydrogen-bond donors (Lipinski definition) is 1. The van der Waals surface area contributed by atoms with Crippen molar-refractivity contribution in [3.63, 3.8) is 0 Å². The third-order valence-electron chi connectivity index (χ3n) is 9.33. The molecule has 0 aliphatic carbocycles. The van der Waals surface area contributed by atoms with E-state index in [0.29, 0.717) is 19.3 Å². The molecule has 0 aliphatic heterocycles. The Kier molecular flexibility index (Phi) is 36.4. The van der Waals surface area contributed by atoms with Crippen LogP contribution in [-0.2, 0) is 28.6 Å². The molecule has 8 heteroatoms. The molecule has 1 N–H and O–H groups in total. The standard InChI is InChI=1S/C48H81NO7/c1-6-8-10-12-14-16-18-19-20-21-22-23-24-25-26-27-29-31-33-35-37-39-47(51)56-44(42-54-41-40-45(48(52)53)49(3,4)5)43-55-46(50)38-36-34-32-30-28-17-15-13-11-9-7-2/h13-16,19-20,22-23,25-26,29,31,44-45H,6-12,17-18,21,24,27-28,30,32-43H2,1-5H3/p+1/b15-13+,16-14+,20-19+,23-22+,26-25+,31-29+. The van der Waals surface area contributed by atoms with Crippen LogP contribution in [0, 0.1) is 0 Å². The van der Waals surface area contributed by atoms with E-state index in [2.05, 4.69) is 86.8 Å². The van der Waals surface area contributed by atoms with Crippen LogP contribution in [0.15, 0.2) is 72.9 Å². The van der Waals surface area contributed by atoms with Crippen molar-refractivity contribution in [2.24, 2.45) is 0 Å². The molecule has 0 rings (SSSR count). The molecule has 320 valence electrons. The Morgan fingerprint density at radius 2 is 0.964 bits per heavy atom. The first-order chi connectivity index (χ1) is 27.1. The lowest BCUT2D eigenvalue weighted by molar-refractivity contribution is -0.887. The van der Waals surface area contributed by atoms with Crippen molar-refractivity contribution in [1.82, 2.24) is 0 Å². The normalized spacial score (nSPS) is 13.7. The molecule has 0 aromatic heterocycles. The third-order valence-corrected chi connectivity index (χ3v) is 9.33. The highest BCUT2D eigenvalue weighted by molar-refractivity contribution is 5.72. The molecule has 0 aromatic carbocycles. The summed E-state index contributed by atoms with van der Waals surface area (Å²) in [6.07, 6.45) is 48.1. The lowest BCUT2D eigenvalue weighted by atomic mass is 10.1. The first-order valence-electron chi connectivity index (χ1n) is 22.0. The van der Waals surface area contributed by atoms with E-state index in [4.69, 9.17) is 14.2 Å². The zero-order valence-corrected chi connectivity index (χ0v) is 36.3. The molecular weight excluding hydrogens is 703 g/mol. The topological polar surface area (TPSA) is 99.1 Å². The van der Waals surface area contributed by atoms with Crippen molar-refractivity contribution < 1.29 is 38.2 Å². The summed E-state index contributed by atoms with van der Waals surface area (Å²) in [5.41, 5.74) is 0. The van der Waals surface area contributed by atoms with E-state index in [0.717, 1.165) is 70.6 Å². The van der Waals surface area contributed by atoms with E-state index in [9.17, 15) is 19.5 Å². The zero-order chi connectivity index (χ0) is 41.4. The fourth-order valence-electron chi connectivity index (χ4n) is 5.85. The number of carbonyl (C=O) groups excluding carboxylic acids is 2. The Hall–Kier alpha value is -3.23. The van der Waals surface area contributed by atoms with Gasteiger partial charge in [0.25, 0.3) is 0 Å². The molecular formula is C48H82NO7+. The van der Waals surface area contributed by atoms with Crippen LogP contribution >= 0.6 is 0 Å². The number of allylic oxidation sites excluding steroid dienone is 12. The number of unbranched alkanes of at least 4 members (excludes halogenated alkanes) is 12. The van der Waals surface area contributed by atoms with Crippen molar-refractivity contribution in [2.75, 3.05) is 41.0 Å². The quantitative estimate of drug-likeness (QED) is 0.0288. The fraction of sp³-hybridized carbons (Fsp3) is 0.688. The average molecular weight is 785 g/mol. The Balaban J connectivity index is 4.44. The molecule has 0 saturated heterocycles. The largest absolute Gasteiger partial charge is 0.477 e. The smallest absolute Gasteiger partial charge is 0.362 e. The molecule has 0 heterocycles. The Morgan fingerprint density at radius 3 is 1.50 bits per heavy atom. The molecule has 2 unspecified atom stereocenters. The Morgan fingerprint density at radius 1 is 0.536 bits per heavy atom. The highest BCUT2D eigenvalue weighted by Gasteiger charge is 2.31. The van der Waals surface area contributed by atoms with Crippen molar-refractivity contribution in [3.05, 3.63) is 72.9 Å². The average Bonchev–Trinajstić information content (AvgIpc) is 3.15. The van der Waals surface area contributed by atoms with E-state index in [1.807, 2.05) is 21.1 Å². The van der Waals surface area contributed by atoms with Gasteiger partial charge < -0.3 is 23.8 Å². The number of aliphatic carboxylic acids is 1. The van der Waals surface area contributed by atoms with Gasteiger partial charge in [-0.2, -0.15) is 0 Å². The summed E-state index contributed by atoms with van der Waals surface area (Å²) < 4.78 is 17.2. The summed E-state index contributed by atoms with van der Waals surface area (Å²) in [7, 11) is 5.50. The number of rotatable bonds is 38. The van der Waals surface area contributed by atoms with E-state index < -0.39 is 18.1 Å². The number of esters is 2. The molecule has 0 bridgehead atoms. The Bertz CT molecular complexity index is 1140. The molecule has 0 fully saturated rings. The number of carbonyl (C=O) groups is 3. The van der Waals surface area contributed by atoms with Gasteiger partial charge in [0, 0.05) is 19.3 Å². The number of likely N-dealkylation sites (N-methyl/N-ethyl adjacent to an activating group) is 1. The van der Waals surface area contributed by atoms with E-state index >= 15 is 0 Å². The number of hydrogen-bond acceptors (Lipinski definition) is 6. The zero-order valence-electron chi connectivity index (χ0n) is 36.3. The van der Waals surface area contributed by atoms with Crippen LogP contribution in [0.4, 0.5) is 0 Å². The van der Waals surface area contributed by atoms with Gasteiger partial charge in [0.1, 0.15) is 6.61 Å². The number of quaternary nitrogens is 1. The molecule has 0 amide bonds. The van der Waals surface area contributed by atoms with E-state index in [-0.39, 0.29) is 42.7 Å². The van der Waals surface area contributed by atoms with Gasteiger partial charge in [0.05, 0.1) is 34.4 Å². The van der Waals surface area contributed by atoms with Crippen LogP contribution < -0.4 is 0 Å². The second-order valence-corrected chi connectivity index (χ2v) is 15.6. The van der Waals surface area contributed by atoms with Gasteiger partial charge in [-0.05, 0) is 83.5 Å². The van der Waals surface area contributed by atoms with Gasteiger partial charge in [-0.3, -0.25) is 9.59 Å². The highest BCUT2D eigenvalue weighted by Crippen LogP contribution is 2.12. The van der Waals surface area contributed by atoms with Gasteiger partial charge >= 0.3 is 17.9 Å². The summed E-state index contributed by atoms with van der Waals surface area (Å²) in [6.45, 7) is 4.59.